The largest absolute Gasteiger partial charge is 0.478 e. The zero-order valence-corrected chi connectivity index (χ0v) is 18.9. The van der Waals surface area contributed by atoms with Gasteiger partial charge >= 0.3 is 5.97 Å². The zero-order chi connectivity index (χ0) is 24.0. The summed E-state index contributed by atoms with van der Waals surface area (Å²) in [5.74, 6) is -0.621. The SMILES string of the molecule is O=C(O)/C=C/c1c(-c2ccccc2)n(Cc2ccccc2)c2ncnc(OCc3ccccc3)c12. The predicted molar refractivity (Wildman–Crippen MR) is 136 cm³/mol. The molecule has 0 bridgehead atoms. The molecule has 3 aromatic carbocycles. The van der Waals surface area contributed by atoms with Gasteiger partial charge in [-0.1, -0.05) is 91.0 Å². The van der Waals surface area contributed by atoms with Crippen molar-refractivity contribution in [3.63, 3.8) is 0 Å². The molecule has 0 amide bonds. The fourth-order valence-electron chi connectivity index (χ4n) is 4.15. The van der Waals surface area contributed by atoms with Crippen molar-refractivity contribution in [1.29, 1.82) is 0 Å². The summed E-state index contributed by atoms with van der Waals surface area (Å²) in [7, 11) is 0. The Kier molecular flexibility index (Phi) is 6.35. The molecule has 0 fully saturated rings. The van der Waals surface area contributed by atoms with Crippen LogP contribution in [0.4, 0.5) is 0 Å². The molecule has 0 radical (unpaired) electrons. The quantitative estimate of drug-likeness (QED) is 0.295. The van der Waals surface area contributed by atoms with E-state index < -0.39 is 5.97 Å². The van der Waals surface area contributed by atoms with E-state index in [0.717, 1.165) is 28.5 Å². The normalized spacial score (nSPS) is 11.2. The van der Waals surface area contributed by atoms with Gasteiger partial charge in [0.05, 0.1) is 11.1 Å². The molecule has 172 valence electrons. The topological polar surface area (TPSA) is 77.2 Å². The molecule has 0 atom stereocenters. The summed E-state index contributed by atoms with van der Waals surface area (Å²) in [5, 5.41) is 10.1. The summed E-state index contributed by atoms with van der Waals surface area (Å²) in [5.41, 5.74) is 5.28. The molecule has 6 heteroatoms. The molecule has 0 unspecified atom stereocenters. The third-order valence-electron chi connectivity index (χ3n) is 5.68. The second-order valence-electron chi connectivity index (χ2n) is 8.02. The molecule has 6 nitrogen and oxygen atoms in total. The fraction of sp³-hybridized carbons (Fsp3) is 0.0690. The van der Waals surface area contributed by atoms with Gasteiger partial charge in [-0.15, -0.1) is 0 Å². The lowest BCUT2D eigenvalue weighted by molar-refractivity contribution is -0.131. The van der Waals surface area contributed by atoms with Crippen LogP contribution in [0.5, 0.6) is 5.88 Å². The van der Waals surface area contributed by atoms with Gasteiger partial charge in [0.15, 0.2) is 0 Å². The number of fused-ring (bicyclic) bond motifs is 1. The van der Waals surface area contributed by atoms with E-state index >= 15 is 0 Å². The molecule has 2 aromatic heterocycles. The molecule has 5 rings (SSSR count). The summed E-state index contributed by atoms with van der Waals surface area (Å²) < 4.78 is 8.26. The number of carboxylic acid groups (broad SMARTS) is 1. The number of carboxylic acids is 1. The second kappa shape index (κ2) is 10.1. The molecular formula is C29H23N3O3. The standard InChI is InChI=1S/C29H23N3O3/c33-25(34)17-16-24-26-28(30-20-31-29(26)35-19-22-12-6-2-7-13-22)32(18-21-10-4-1-5-11-21)27(24)23-14-8-3-9-15-23/h1-17,20H,18-19H2,(H,33,34)/b17-16+. The van der Waals surface area contributed by atoms with Crippen molar-refractivity contribution >= 4 is 23.1 Å². The number of benzene rings is 3. The minimum Gasteiger partial charge on any atom is -0.478 e. The van der Waals surface area contributed by atoms with Crippen LogP contribution in [-0.4, -0.2) is 25.6 Å². The number of aliphatic carboxylic acids is 1. The summed E-state index contributed by atoms with van der Waals surface area (Å²) >= 11 is 0. The number of nitrogens with zero attached hydrogens (tertiary/aromatic N) is 3. The van der Waals surface area contributed by atoms with Crippen LogP contribution in [-0.2, 0) is 17.9 Å². The zero-order valence-electron chi connectivity index (χ0n) is 18.9. The first-order valence-corrected chi connectivity index (χ1v) is 11.2. The van der Waals surface area contributed by atoms with Crippen LogP contribution in [0.1, 0.15) is 16.7 Å². The molecule has 35 heavy (non-hydrogen) atoms. The number of carbonyl (C=O) groups is 1. The summed E-state index contributed by atoms with van der Waals surface area (Å²) in [6.45, 7) is 0.886. The number of aromatic nitrogens is 3. The van der Waals surface area contributed by atoms with Crippen LogP contribution >= 0.6 is 0 Å². The Morgan fingerprint density at radius 2 is 1.49 bits per heavy atom. The highest BCUT2D eigenvalue weighted by atomic mass is 16.5. The fourth-order valence-corrected chi connectivity index (χ4v) is 4.15. The average Bonchev–Trinajstić information content (AvgIpc) is 3.21. The lowest BCUT2D eigenvalue weighted by Crippen LogP contribution is -2.04. The van der Waals surface area contributed by atoms with Gasteiger partial charge in [-0.05, 0) is 22.8 Å². The highest BCUT2D eigenvalue weighted by Gasteiger charge is 2.22. The van der Waals surface area contributed by atoms with Crippen LogP contribution < -0.4 is 4.74 Å². The Morgan fingerprint density at radius 1 is 0.857 bits per heavy atom. The molecule has 1 N–H and O–H groups in total. The highest BCUT2D eigenvalue weighted by molar-refractivity contribution is 6.01. The van der Waals surface area contributed by atoms with Gasteiger partial charge in [-0.3, -0.25) is 0 Å². The van der Waals surface area contributed by atoms with E-state index in [1.54, 1.807) is 6.08 Å². The Morgan fingerprint density at radius 3 is 2.14 bits per heavy atom. The average molecular weight is 462 g/mol. The first-order valence-electron chi connectivity index (χ1n) is 11.2. The van der Waals surface area contributed by atoms with Crippen molar-refractivity contribution in [1.82, 2.24) is 14.5 Å². The molecule has 5 aromatic rings. The van der Waals surface area contributed by atoms with Crippen LogP contribution in [0.15, 0.2) is 103 Å². The Bertz CT molecular complexity index is 1480. The van der Waals surface area contributed by atoms with Gasteiger partial charge in [0.25, 0.3) is 0 Å². The van der Waals surface area contributed by atoms with Crippen molar-refractivity contribution in [2.75, 3.05) is 0 Å². The molecule has 0 aliphatic rings. The van der Waals surface area contributed by atoms with Gasteiger partial charge in [-0.25, -0.2) is 14.8 Å². The Hall–Kier alpha value is -4.71. The third kappa shape index (κ3) is 4.82. The van der Waals surface area contributed by atoms with E-state index in [2.05, 4.69) is 26.7 Å². The van der Waals surface area contributed by atoms with Gasteiger partial charge in [-0.2, -0.15) is 0 Å². The van der Waals surface area contributed by atoms with Gasteiger partial charge in [0, 0.05) is 18.2 Å². The lowest BCUT2D eigenvalue weighted by Gasteiger charge is -2.11. The number of ether oxygens (including phenoxy) is 1. The molecule has 0 saturated carbocycles. The van der Waals surface area contributed by atoms with Crippen LogP contribution in [0.2, 0.25) is 0 Å². The van der Waals surface area contributed by atoms with Crippen molar-refractivity contribution in [2.24, 2.45) is 0 Å². The van der Waals surface area contributed by atoms with Crippen LogP contribution in [0, 0.1) is 0 Å². The Labute approximate surface area is 202 Å². The first kappa shape index (κ1) is 22.1. The number of hydrogen-bond donors (Lipinski definition) is 1. The van der Waals surface area contributed by atoms with Gasteiger partial charge < -0.3 is 14.4 Å². The van der Waals surface area contributed by atoms with Crippen molar-refractivity contribution in [3.8, 4) is 17.1 Å². The van der Waals surface area contributed by atoms with Crippen LogP contribution in [0.3, 0.4) is 0 Å². The monoisotopic (exact) mass is 461 g/mol. The van der Waals surface area contributed by atoms with E-state index in [4.69, 9.17) is 4.74 Å². The smallest absolute Gasteiger partial charge is 0.328 e. The first-order chi connectivity index (χ1) is 17.2. The summed E-state index contributed by atoms with van der Waals surface area (Å²) in [6, 6.07) is 29.8. The van der Waals surface area contributed by atoms with E-state index in [1.165, 1.54) is 6.33 Å². The van der Waals surface area contributed by atoms with Crippen molar-refractivity contribution < 1.29 is 14.6 Å². The molecule has 2 heterocycles. The third-order valence-corrected chi connectivity index (χ3v) is 5.68. The van der Waals surface area contributed by atoms with E-state index in [9.17, 15) is 9.90 Å². The lowest BCUT2D eigenvalue weighted by atomic mass is 10.1. The maximum Gasteiger partial charge on any atom is 0.328 e. The maximum atomic E-state index is 11.5. The predicted octanol–water partition coefficient (Wildman–Crippen LogP) is 5.82. The van der Waals surface area contributed by atoms with Crippen molar-refractivity contribution in [3.05, 3.63) is 120 Å². The molecule has 0 saturated heterocycles. The number of hydrogen-bond acceptors (Lipinski definition) is 4. The summed E-state index contributed by atoms with van der Waals surface area (Å²) in [6.07, 6.45) is 4.24. The van der Waals surface area contributed by atoms with Crippen molar-refractivity contribution in [2.45, 2.75) is 13.2 Å². The van der Waals surface area contributed by atoms with Crippen LogP contribution in [0.25, 0.3) is 28.4 Å². The van der Waals surface area contributed by atoms with Gasteiger partial charge in [0.1, 0.15) is 18.6 Å². The molecule has 0 aliphatic heterocycles. The summed E-state index contributed by atoms with van der Waals surface area (Å²) in [4.78, 5) is 20.5. The van der Waals surface area contributed by atoms with E-state index in [1.807, 2.05) is 78.9 Å². The minimum atomic E-state index is -1.03. The maximum absolute atomic E-state index is 11.5. The number of rotatable bonds is 8. The van der Waals surface area contributed by atoms with E-state index in [0.29, 0.717) is 35.6 Å². The van der Waals surface area contributed by atoms with E-state index in [-0.39, 0.29) is 0 Å². The van der Waals surface area contributed by atoms with Gasteiger partial charge in [0.2, 0.25) is 5.88 Å². The Balaban J connectivity index is 1.73. The second-order valence-corrected chi connectivity index (χ2v) is 8.02. The molecule has 0 spiro atoms. The molecule has 0 aliphatic carbocycles. The highest BCUT2D eigenvalue weighted by Crippen LogP contribution is 2.38. The molecular weight excluding hydrogens is 438 g/mol. The minimum absolute atomic E-state index is 0.333.